The van der Waals surface area contributed by atoms with E-state index in [1.807, 2.05) is 18.2 Å². The quantitative estimate of drug-likeness (QED) is 0.507. The SMILES string of the molecule is C[C@@H]1CN(C)[C@@H](C)CC1c1ccc(Nc2ccc(-c3cc[nH]c(=O)c3)n3ncnc23)cc1. The van der Waals surface area contributed by atoms with Gasteiger partial charge in [0, 0.05) is 36.1 Å². The number of likely N-dealkylation sites (tertiary alicyclic amines) is 1. The summed E-state index contributed by atoms with van der Waals surface area (Å²) in [6, 6.07) is 16.7. The first-order valence-electron chi connectivity index (χ1n) is 11.1. The van der Waals surface area contributed by atoms with Crippen LogP contribution in [0.1, 0.15) is 31.7 Å². The van der Waals surface area contributed by atoms with Crippen LogP contribution in [-0.2, 0) is 0 Å². The number of aromatic amines is 1. The summed E-state index contributed by atoms with van der Waals surface area (Å²) in [6.45, 7) is 5.80. The molecule has 0 amide bonds. The van der Waals surface area contributed by atoms with E-state index in [0.717, 1.165) is 29.2 Å². The fourth-order valence-electron chi connectivity index (χ4n) is 4.80. The molecule has 164 valence electrons. The molecular weight excluding hydrogens is 400 g/mol. The molecule has 7 heteroatoms. The topological polar surface area (TPSA) is 78.3 Å². The molecule has 0 aliphatic carbocycles. The number of piperidine rings is 1. The van der Waals surface area contributed by atoms with Gasteiger partial charge in [0.25, 0.3) is 0 Å². The van der Waals surface area contributed by atoms with Crippen molar-refractivity contribution in [3.8, 4) is 11.3 Å². The van der Waals surface area contributed by atoms with Gasteiger partial charge >= 0.3 is 0 Å². The Kier molecular flexibility index (Phi) is 5.27. The third-order valence-electron chi connectivity index (χ3n) is 6.72. The lowest BCUT2D eigenvalue weighted by atomic mass is 9.79. The van der Waals surface area contributed by atoms with Crippen LogP contribution in [0.15, 0.2) is 65.8 Å². The predicted molar refractivity (Wildman–Crippen MR) is 127 cm³/mol. The van der Waals surface area contributed by atoms with Crippen LogP contribution in [0.25, 0.3) is 16.9 Å². The van der Waals surface area contributed by atoms with Crippen molar-refractivity contribution in [3.63, 3.8) is 0 Å². The van der Waals surface area contributed by atoms with Gasteiger partial charge in [-0.2, -0.15) is 5.10 Å². The number of nitrogens with zero attached hydrogens (tertiary/aromatic N) is 4. The van der Waals surface area contributed by atoms with Crippen LogP contribution in [0.5, 0.6) is 0 Å². The van der Waals surface area contributed by atoms with E-state index in [1.165, 1.54) is 18.3 Å². The molecule has 3 aromatic heterocycles. The molecule has 0 bridgehead atoms. The zero-order valence-corrected chi connectivity index (χ0v) is 18.6. The zero-order chi connectivity index (χ0) is 22.2. The molecule has 7 nitrogen and oxygen atoms in total. The maximum Gasteiger partial charge on any atom is 0.248 e. The summed E-state index contributed by atoms with van der Waals surface area (Å²) in [6.07, 6.45) is 4.36. The molecule has 1 saturated heterocycles. The van der Waals surface area contributed by atoms with Crippen LogP contribution in [0, 0.1) is 5.92 Å². The van der Waals surface area contributed by atoms with Crippen molar-refractivity contribution in [1.82, 2.24) is 24.5 Å². The van der Waals surface area contributed by atoms with Crippen molar-refractivity contribution in [2.45, 2.75) is 32.2 Å². The average Bonchev–Trinajstić information content (AvgIpc) is 3.28. The van der Waals surface area contributed by atoms with E-state index in [1.54, 1.807) is 16.8 Å². The number of hydrogen-bond acceptors (Lipinski definition) is 5. The predicted octanol–water partition coefficient (Wildman–Crippen LogP) is 4.27. The van der Waals surface area contributed by atoms with Gasteiger partial charge in [0.1, 0.15) is 6.33 Å². The second kappa shape index (κ2) is 8.24. The van der Waals surface area contributed by atoms with Gasteiger partial charge in [0.05, 0.1) is 11.4 Å². The number of fused-ring (bicyclic) bond motifs is 1. The smallest absolute Gasteiger partial charge is 0.248 e. The summed E-state index contributed by atoms with van der Waals surface area (Å²) in [5.41, 5.74) is 5.45. The average molecular weight is 429 g/mol. The van der Waals surface area contributed by atoms with Crippen molar-refractivity contribution >= 4 is 17.0 Å². The molecule has 5 rings (SSSR count). The van der Waals surface area contributed by atoms with Crippen molar-refractivity contribution < 1.29 is 0 Å². The van der Waals surface area contributed by atoms with Crippen LogP contribution in [0.3, 0.4) is 0 Å². The molecule has 4 heterocycles. The van der Waals surface area contributed by atoms with E-state index >= 15 is 0 Å². The summed E-state index contributed by atoms with van der Waals surface area (Å²) in [5.74, 6) is 1.23. The Balaban J connectivity index is 1.40. The highest BCUT2D eigenvalue weighted by Crippen LogP contribution is 2.36. The molecule has 0 saturated carbocycles. The molecule has 4 aromatic rings. The normalized spacial score (nSPS) is 21.7. The number of pyridine rings is 2. The van der Waals surface area contributed by atoms with Crippen LogP contribution in [0.2, 0.25) is 0 Å². The van der Waals surface area contributed by atoms with E-state index in [0.29, 0.717) is 23.5 Å². The highest BCUT2D eigenvalue weighted by atomic mass is 16.1. The molecule has 0 spiro atoms. The van der Waals surface area contributed by atoms with Gasteiger partial charge in [0.15, 0.2) is 5.65 Å². The second-order valence-electron chi connectivity index (χ2n) is 8.92. The zero-order valence-electron chi connectivity index (χ0n) is 18.6. The van der Waals surface area contributed by atoms with Crippen LogP contribution in [-0.4, -0.2) is 44.1 Å². The first-order valence-corrected chi connectivity index (χ1v) is 11.1. The van der Waals surface area contributed by atoms with E-state index < -0.39 is 0 Å². The molecule has 2 N–H and O–H groups in total. The minimum atomic E-state index is -0.147. The molecule has 1 aliphatic heterocycles. The highest BCUT2D eigenvalue weighted by molar-refractivity contribution is 5.77. The van der Waals surface area contributed by atoms with Gasteiger partial charge in [-0.1, -0.05) is 19.1 Å². The van der Waals surface area contributed by atoms with Gasteiger partial charge in [0.2, 0.25) is 5.56 Å². The summed E-state index contributed by atoms with van der Waals surface area (Å²) in [5, 5.41) is 7.85. The number of nitrogens with one attached hydrogen (secondary N) is 2. The number of anilines is 2. The Morgan fingerprint density at radius 2 is 1.91 bits per heavy atom. The van der Waals surface area contributed by atoms with Gasteiger partial charge in [-0.3, -0.25) is 4.79 Å². The summed E-state index contributed by atoms with van der Waals surface area (Å²) in [4.78, 5) is 21.3. The molecule has 1 unspecified atom stereocenters. The minimum absolute atomic E-state index is 0.147. The van der Waals surface area contributed by atoms with E-state index in [-0.39, 0.29) is 5.56 Å². The lowest BCUT2D eigenvalue weighted by Crippen LogP contribution is -2.41. The Hall–Kier alpha value is -3.45. The molecule has 1 aliphatic rings. The van der Waals surface area contributed by atoms with Crippen LogP contribution >= 0.6 is 0 Å². The van der Waals surface area contributed by atoms with E-state index in [9.17, 15) is 4.79 Å². The minimum Gasteiger partial charge on any atom is -0.352 e. The largest absolute Gasteiger partial charge is 0.352 e. The number of H-pyrrole nitrogens is 1. The van der Waals surface area contributed by atoms with Gasteiger partial charge in [-0.15, -0.1) is 0 Å². The van der Waals surface area contributed by atoms with E-state index in [4.69, 9.17) is 0 Å². The van der Waals surface area contributed by atoms with Crippen LogP contribution in [0.4, 0.5) is 11.4 Å². The summed E-state index contributed by atoms with van der Waals surface area (Å²) < 4.78 is 1.76. The first kappa shape index (κ1) is 20.5. The number of aromatic nitrogens is 4. The molecule has 3 atom stereocenters. The first-order chi connectivity index (χ1) is 15.5. The van der Waals surface area contributed by atoms with E-state index in [2.05, 4.69) is 70.4 Å². The van der Waals surface area contributed by atoms with Crippen molar-refractivity contribution in [2.75, 3.05) is 18.9 Å². The van der Waals surface area contributed by atoms with Crippen molar-refractivity contribution in [2.24, 2.45) is 5.92 Å². The van der Waals surface area contributed by atoms with Crippen molar-refractivity contribution in [3.05, 3.63) is 77.0 Å². The molecule has 32 heavy (non-hydrogen) atoms. The third-order valence-corrected chi connectivity index (χ3v) is 6.72. The number of hydrogen-bond donors (Lipinski definition) is 2. The Morgan fingerprint density at radius 1 is 1.09 bits per heavy atom. The molecule has 1 fully saturated rings. The Labute approximate surface area is 187 Å². The van der Waals surface area contributed by atoms with Crippen molar-refractivity contribution in [1.29, 1.82) is 0 Å². The third kappa shape index (κ3) is 3.80. The highest BCUT2D eigenvalue weighted by Gasteiger charge is 2.29. The second-order valence-corrected chi connectivity index (χ2v) is 8.92. The maximum atomic E-state index is 11.7. The molecule has 1 aromatic carbocycles. The summed E-state index contributed by atoms with van der Waals surface area (Å²) >= 11 is 0. The monoisotopic (exact) mass is 428 g/mol. The molecular formula is C25H28N6O. The standard InChI is InChI=1S/C25H28N6O/c1-16-14-30(3)17(2)12-21(16)18-4-6-20(7-5-18)29-22-8-9-23(31-25(22)27-15-28-31)19-10-11-26-24(32)13-19/h4-11,13,15-17,21,29H,12,14H2,1-3H3,(H,26,32)/t16-,17+,21?/m1/s1. The summed E-state index contributed by atoms with van der Waals surface area (Å²) in [7, 11) is 2.22. The Bertz CT molecular complexity index is 1290. The van der Waals surface area contributed by atoms with Gasteiger partial charge in [-0.05, 0) is 68.1 Å². The lowest BCUT2D eigenvalue weighted by molar-refractivity contribution is 0.136. The fourth-order valence-corrected chi connectivity index (χ4v) is 4.80. The molecule has 0 radical (unpaired) electrons. The number of benzene rings is 1. The Morgan fingerprint density at radius 3 is 2.69 bits per heavy atom. The maximum absolute atomic E-state index is 11.7. The van der Waals surface area contributed by atoms with Crippen LogP contribution < -0.4 is 10.9 Å². The number of rotatable bonds is 4. The lowest BCUT2D eigenvalue weighted by Gasteiger charge is -2.40. The van der Waals surface area contributed by atoms with Gasteiger partial charge < -0.3 is 15.2 Å². The van der Waals surface area contributed by atoms with Gasteiger partial charge in [-0.25, -0.2) is 9.50 Å². The fraction of sp³-hybridized carbons (Fsp3) is 0.320.